The van der Waals surface area contributed by atoms with E-state index in [4.69, 9.17) is 5.73 Å². The molecule has 2 aliphatic rings. The van der Waals surface area contributed by atoms with Gasteiger partial charge in [-0.1, -0.05) is 12.8 Å². The topological polar surface area (TPSA) is 43.1 Å². The van der Waals surface area contributed by atoms with Gasteiger partial charge >= 0.3 is 0 Å². The molecule has 17 heavy (non-hydrogen) atoms. The fourth-order valence-corrected chi connectivity index (χ4v) is 3.40. The third-order valence-electron chi connectivity index (χ3n) is 4.51. The maximum Gasteiger partial charge on any atom is 0.166 e. The minimum atomic E-state index is 0.320. The Kier molecular flexibility index (Phi) is 2.46. The van der Waals surface area contributed by atoms with E-state index in [1.165, 1.54) is 25.7 Å². The maximum atomic E-state index is 12.4. The summed E-state index contributed by atoms with van der Waals surface area (Å²) in [5.41, 5.74) is 8.43. The van der Waals surface area contributed by atoms with Crippen LogP contribution in [0, 0.1) is 24.7 Å². The summed E-state index contributed by atoms with van der Waals surface area (Å²) in [7, 11) is 0. The molecule has 0 heterocycles. The average Bonchev–Trinajstić information content (AvgIpc) is 3.06. The number of anilines is 1. The van der Waals surface area contributed by atoms with Crippen LogP contribution in [0.3, 0.4) is 0 Å². The van der Waals surface area contributed by atoms with Crippen LogP contribution in [0.15, 0.2) is 18.2 Å². The molecule has 1 aromatic rings. The Bertz CT molecular complexity index is 454. The third kappa shape index (κ3) is 1.76. The fraction of sp³-hybridized carbons (Fsp3) is 0.533. The molecule has 2 aliphatic carbocycles. The van der Waals surface area contributed by atoms with Gasteiger partial charge in [-0.15, -0.1) is 0 Å². The summed E-state index contributed by atoms with van der Waals surface area (Å²) in [6, 6.07) is 5.69. The number of hydrogen-bond donors (Lipinski definition) is 1. The first-order chi connectivity index (χ1) is 8.18. The largest absolute Gasteiger partial charge is 0.399 e. The molecule has 2 fully saturated rings. The monoisotopic (exact) mass is 229 g/mol. The highest BCUT2D eigenvalue weighted by molar-refractivity contribution is 6.00. The SMILES string of the molecule is Cc1cc(C(=O)C2C3CCCCC32)ccc1N. The first kappa shape index (κ1) is 10.8. The maximum absolute atomic E-state index is 12.4. The molecule has 0 amide bonds. The zero-order valence-electron chi connectivity index (χ0n) is 10.3. The van der Waals surface area contributed by atoms with Gasteiger partial charge in [0.25, 0.3) is 0 Å². The van der Waals surface area contributed by atoms with Crippen LogP contribution < -0.4 is 5.73 Å². The number of nitrogen functional groups attached to an aromatic ring is 1. The lowest BCUT2D eigenvalue weighted by molar-refractivity contribution is 0.0956. The highest BCUT2D eigenvalue weighted by Gasteiger charge is 2.54. The first-order valence-electron chi connectivity index (χ1n) is 6.59. The average molecular weight is 229 g/mol. The van der Waals surface area contributed by atoms with E-state index in [2.05, 4.69) is 0 Å². The van der Waals surface area contributed by atoms with Gasteiger partial charge in [0, 0.05) is 17.2 Å². The van der Waals surface area contributed by atoms with Gasteiger partial charge in [-0.2, -0.15) is 0 Å². The zero-order valence-corrected chi connectivity index (χ0v) is 10.3. The standard InChI is InChI=1S/C15H19NO/c1-9-8-10(6-7-13(9)16)15(17)14-11-4-2-3-5-12(11)14/h6-8,11-12,14H,2-5,16H2,1H3. The Hall–Kier alpha value is -1.31. The van der Waals surface area contributed by atoms with Crippen molar-refractivity contribution in [2.75, 3.05) is 5.73 Å². The number of hydrogen-bond acceptors (Lipinski definition) is 2. The van der Waals surface area contributed by atoms with E-state index >= 15 is 0 Å². The molecule has 0 spiro atoms. The normalized spacial score (nSPS) is 30.8. The predicted octanol–water partition coefficient (Wildman–Crippen LogP) is 3.20. The highest BCUT2D eigenvalue weighted by Crippen LogP contribution is 2.56. The van der Waals surface area contributed by atoms with Crippen LogP contribution in [0.1, 0.15) is 41.6 Å². The Balaban J connectivity index is 1.80. The smallest absolute Gasteiger partial charge is 0.166 e. The molecular formula is C15H19NO. The van der Waals surface area contributed by atoms with Crippen LogP contribution in [-0.2, 0) is 0 Å². The Morgan fingerprint density at radius 3 is 2.47 bits per heavy atom. The van der Waals surface area contributed by atoms with Gasteiger partial charge in [0.1, 0.15) is 0 Å². The van der Waals surface area contributed by atoms with Crippen molar-refractivity contribution in [3.8, 4) is 0 Å². The van der Waals surface area contributed by atoms with Gasteiger partial charge in [0.15, 0.2) is 5.78 Å². The second-order valence-corrected chi connectivity index (χ2v) is 5.57. The molecule has 0 aliphatic heterocycles. The number of ketones is 1. The molecule has 2 heteroatoms. The van der Waals surface area contributed by atoms with Crippen molar-refractivity contribution in [2.45, 2.75) is 32.6 Å². The number of aryl methyl sites for hydroxylation is 1. The summed E-state index contributed by atoms with van der Waals surface area (Å²) in [5, 5.41) is 0. The molecule has 2 saturated carbocycles. The molecule has 0 radical (unpaired) electrons. The summed E-state index contributed by atoms with van der Waals surface area (Å²) in [6.07, 6.45) is 5.14. The van der Waals surface area contributed by atoms with Crippen LogP contribution in [0.2, 0.25) is 0 Å². The number of rotatable bonds is 2. The summed E-state index contributed by atoms with van der Waals surface area (Å²) in [4.78, 5) is 12.4. The lowest BCUT2D eigenvalue weighted by Crippen LogP contribution is -2.05. The van der Waals surface area contributed by atoms with Crippen molar-refractivity contribution in [2.24, 2.45) is 17.8 Å². The molecule has 0 aromatic heterocycles. The van der Waals surface area contributed by atoms with Gasteiger partial charge in [-0.3, -0.25) is 4.79 Å². The van der Waals surface area contributed by atoms with E-state index < -0.39 is 0 Å². The molecule has 0 bridgehead atoms. The first-order valence-corrected chi connectivity index (χ1v) is 6.59. The Morgan fingerprint density at radius 2 is 1.88 bits per heavy atom. The second-order valence-electron chi connectivity index (χ2n) is 5.57. The van der Waals surface area contributed by atoms with Gasteiger partial charge in [0.2, 0.25) is 0 Å². The summed E-state index contributed by atoms with van der Waals surface area (Å²) in [5.74, 6) is 2.05. The van der Waals surface area contributed by atoms with E-state index in [1.54, 1.807) is 0 Å². The zero-order chi connectivity index (χ0) is 12.0. The van der Waals surface area contributed by atoms with Gasteiger partial charge in [-0.25, -0.2) is 0 Å². The van der Waals surface area contributed by atoms with Crippen LogP contribution in [0.4, 0.5) is 5.69 Å². The van der Waals surface area contributed by atoms with Crippen LogP contribution in [0.25, 0.3) is 0 Å². The molecular weight excluding hydrogens is 210 g/mol. The van der Waals surface area contributed by atoms with Crippen molar-refractivity contribution in [3.63, 3.8) is 0 Å². The summed E-state index contributed by atoms with van der Waals surface area (Å²) in [6.45, 7) is 1.96. The molecule has 2 unspecified atom stereocenters. The number of benzene rings is 1. The van der Waals surface area contributed by atoms with Crippen molar-refractivity contribution in [3.05, 3.63) is 29.3 Å². The van der Waals surface area contributed by atoms with Gasteiger partial charge in [-0.05, 0) is 55.4 Å². The van der Waals surface area contributed by atoms with E-state index in [0.29, 0.717) is 23.5 Å². The van der Waals surface area contributed by atoms with Crippen LogP contribution in [0.5, 0.6) is 0 Å². The lowest BCUT2D eigenvalue weighted by Gasteiger charge is -2.04. The Morgan fingerprint density at radius 1 is 1.24 bits per heavy atom. The van der Waals surface area contributed by atoms with Crippen molar-refractivity contribution in [1.29, 1.82) is 0 Å². The Labute approximate surface area is 102 Å². The van der Waals surface area contributed by atoms with Crippen molar-refractivity contribution >= 4 is 11.5 Å². The minimum absolute atomic E-state index is 0.320. The molecule has 1 aromatic carbocycles. The number of carbonyl (C=O) groups is 1. The van der Waals surface area contributed by atoms with Crippen LogP contribution >= 0.6 is 0 Å². The van der Waals surface area contributed by atoms with Crippen LogP contribution in [-0.4, -0.2) is 5.78 Å². The third-order valence-corrected chi connectivity index (χ3v) is 4.51. The number of fused-ring (bicyclic) bond motifs is 1. The summed E-state index contributed by atoms with van der Waals surface area (Å²) >= 11 is 0. The van der Waals surface area contributed by atoms with Crippen molar-refractivity contribution < 1.29 is 4.79 Å². The highest BCUT2D eigenvalue weighted by atomic mass is 16.1. The van der Waals surface area contributed by atoms with Gasteiger partial charge < -0.3 is 5.73 Å². The molecule has 2 N–H and O–H groups in total. The molecule has 2 nitrogen and oxygen atoms in total. The van der Waals surface area contributed by atoms with Gasteiger partial charge in [0.05, 0.1) is 0 Å². The summed E-state index contributed by atoms with van der Waals surface area (Å²) < 4.78 is 0. The molecule has 0 saturated heterocycles. The van der Waals surface area contributed by atoms with E-state index in [9.17, 15) is 4.79 Å². The quantitative estimate of drug-likeness (QED) is 0.625. The number of Topliss-reactive ketones (excluding diaryl/α,β-unsaturated/α-hetero) is 1. The molecule has 3 rings (SSSR count). The lowest BCUT2D eigenvalue weighted by atomic mass is 10.0. The second kappa shape index (κ2) is 3.86. The number of nitrogens with two attached hydrogens (primary N) is 1. The van der Waals surface area contributed by atoms with E-state index in [1.807, 2.05) is 25.1 Å². The molecule has 90 valence electrons. The van der Waals surface area contributed by atoms with Crippen molar-refractivity contribution in [1.82, 2.24) is 0 Å². The van der Waals surface area contributed by atoms with E-state index in [-0.39, 0.29) is 0 Å². The fourth-order valence-electron chi connectivity index (χ4n) is 3.40. The molecule has 2 atom stereocenters. The van der Waals surface area contributed by atoms with E-state index in [0.717, 1.165) is 16.8 Å². The number of carbonyl (C=O) groups excluding carboxylic acids is 1. The predicted molar refractivity (Wildman–Crippen MR) is 68.9 cm³/mol. The minimum Gasteiger partial charge on any atom is -0.399 e.